The van der Waals surface area contributed by atoms with Gasteiger partial charge in [-0.15, -0.1) is 11.3 Å². The Hall–Kier alpha value is -1.90. The summed E-state index contributed by atoms with van der Waals surface area (Å²) >= 11 is 1.17. The monoisotopic (exact) mass is 421 g/mol. The fourth-order valence-electron chi connectivity index (χ4n) is 3.35. The minimum absolute atomic E-state index is 0.117. The van der Waals surface area contributed by atoms with Crippen LogP contribution >= 0.6 is 11.3 Å². The Morgan fingerprint density at radius 3 is 2.54 bits per heavy atom. The molecule has 1 aliphatic rings. The van der Waals surface area contributed by atoms with Crippen LogP contribution in [0.25, 0.3) is 0 Å². The second kappa shape index (κ2) is 8.63. The van der Waals surface area contributed by atoms with Crippen LogP contribution in [0.4, 0.5) is 5.69 Å². The van der Waals surface area contributed by atoms with Crippen molar-refractivity contribution in [3.63, 3.8) is 0 Å². The number of benzene rings is 1. The van der Waals surface area contributed by atoms with Crippen molar-refractivity contribution in [1.82, 2.24) is 9.62 Å². The second-order valence-electron chi connectivity index (χ2n) is 7.05. The Morgan fingerprint density at radius 2 is 1.86 bits per heavy atom. The molecule has 0 spiro atoms. The highest BCUT2D eigenvalue weighted by atomic mass is 32.2. The standard InChI is InChI=1S/C20H27N3O3S2/c1-4-8-21-20(24)19-18(7-13-27-19)28(25,26)23-11-9-22(10-12-23)17-14-15(2)5-6-16(17)3/h5-7,13-14H,4,8-12H2,1-3H3,(H,21,24). The zero-order valence-electron chi connectivity index (χ0n) is 16.6. The van der Waals surface area contributed by atoms with Gasteiger partial charge in [0.2, 0.25) is 10.0 Å². The number of hydrogen-bond acceptors (Lipinski definition) is 5. The minimum atomic E-state index is -3.69. The first-order valence-electron chi connectivity index (χ1n) is 9.52. The number of carbonyl (C=O) groups excluding carboxylic acids is 1. The van der Waals surface area contributed by atoms with Crippen LogP contribution in [0.3, 0.4) is 0 Å². The third-order valence-electron chi connectivity index (χ3n) is 4.93. The number of piperazine rings is 1. The van der Waals surface area contributed by atoms with Crippen LogP contribution in [0.1, 0.15) is 34.1 Å². The molecule has 2 heterocycles. The highest BCUT2D eigenvalue weighted by molar-refractivity contribution is 7.89. The van der Waals surface area contributed by atoms with E-state index in [1.54, 1.807) is 5.38 Å². The second-order valence-corrected chi connectivity index (χ2v) is 9.87. The SMILES string of the molecule is CCCNC(=O)c1sccc1S(=O)(=O)N1CCN(c2cc(C)ccc2C)CC1. The zero-order chi connectivity index (χ0) is 20.3. The molecule has 0 bridgehead atoms. The summed E-state index contributed by atoms with van der Waals surface area (Å²) in [6.45, 7) is 8.70. The number of hydrogen-bond donors (Lipinski definition) is 1. The van der Waals surface area contributed by atoms with Crippen LogP contribution in [-0.4, -0.2) is 51.4 Å². The molecular weight excluding hydrogens is 394 g/mol. The van der Waals surface area contributed by atoms with E-state index in [1.165, 1.54) is 32.8 Å². The fourth-order valence-corrected chi connectivity index (χ4v) is 6.09. The maximum Gasteiger partial charge on any atom is 0.262 e. The summed E-state index contributed by atoms with van der Waals surface area (Å²) < 4.78 is 27.8. The molecule has 1 amide bonds. The topological polar surface area (TPSA) is 69.7 Å². The Labute approximate surface area is 171 Å². The summed E-state index contributed by atoms with van der Waals surface area (Å²) in [7, 11) is -3.69. The van der Waals surface area contributed by atoms with Gasteiger partial charge in [-0.05, 0) is 48.9 Å². The summed E-state index contributed by atoms with van der Waals surface area (Å²) in [6.07, 6.45) is 0.805. The van der Waals surface area contributed by atoms with E-state index in [1.807, 2.05) is 6.92 Å². The van der Waals surface area contributed by atoms with E-state index in [4.69, 9.17) is 0 Å². The van der Waals surface area contributed by atoms with Gasteiger partial charge in [-0.25, -0.2) is 8.42 Å². The normalized spacial score (nSPS) is 15.6. The van der Waals surface area contributed by atoms with Gasteiger partial charge < -0.3 is 10.2 Å². The van der Waals surface area contributed by atoms with E-state index in [2.05, 4.69) is 42.3 Å². The summed E-state index contributed by atoms with van der Waals surface area (Å²) in [5, 5.41) is 4.44. The van der Waals surface area contributed by atoms with E-state index in [9.17, 15) is 13.2 Å². The van der Waals surface area contributed by atoms with Gasteiger partial charge in [-0.1, -0.05) is 19.1 Å². The number of nitrogens with zero attached hydrogens (tertiary/aromatic N) is 2. The van der Waals surface area contributed by atoms with Crippen molar-refractivity contribution in [1.29, 1.82) is 0 Å². The first-order valence-corrected chi connectivity index (χ1v) is 11.8. The van der Waals surface area contributed by atoms with Crippen LogP contribution in [0.2, 0.25) is 0 Å². The average Bonchev–Trinajstić information content (AvgIpc) is 3.19. The molecule has 28 heavy (non-hydrogen) atoms. The van der Waals surface area contributed by atoms with Gasteiger partial charge in [0.1, 0.15) is 9.77 Å². The number of amides is 1. The molecule has 0 atom stereocenters. The summed E-state index contributed by atoms with van der Waals surface area (Å²) in [4.78, 5) is 14.9. The molecule has 0 saturated carbocycles. The molecule has 152 valence electrons. The highest BCUT2D eigenvalue weighted by Crippen LogP contribution is 2.28. The van der Waals surface area contributed by atoms with Gasteiger partial charge in [0.05, 0.1) is 0 Å². The van der Waals surface area contributed by atoms with E-state index in [0.717, 1.165) is 12.1 Å². The molecule has 3 rings (SSSR count). The number of thiophene rings is 1. The molecule has 1 fully saturated rings. The molecule has 8 heteroatoms. The van der Waals surface area contributed by atoms with Crippen molar-refractivity contribution in [2.45, 2.75) is 32.1 Å². The summed E-state index contributed by atoms with van der Waals surface area (Å²) in [5.41, 5.74) is 3.54. The number of rotatable bonds is 6. The Balaban J connectivity index is 1.74. The lowest BCUT2D eigenvalue weighted by Gasteiger charge is -2.36. The van der Waals surface area contributed by atoms with Gasteiger partial charge in [0.25, 0.3) is 5.91 Å². The molecule has 1 aliphatic heterocycles. The van der Waals surface area contributed by atoms with Crippen LogP contribution in [0.5, 0.6) is 0 Å². The molecule has 1 N–H and O–H groups in total. The zero-order valence-corrected chi connectivity index (χ0v) is 18.2. The molecule has 1 aromatic heterocycles. The van der Waals surface area contributed by atoms with Gasteiger partial charge in [-0.3, -0.25) is 4.79 Å². The van der Waals surface area contributed by atoms with E-state index in [0.29, 0.717) is 32.7 Å². The molecule has 6 nitrogen and oxygen atoms in total. The molecule has 0 radical (unpaired) electrons. The average molecular weight is 422 g/mol. The van der Waals surface area contributed by atoms with Crippen molar-refractivity contribution >= 4 is 33.0 Å². The number of nitrogens with one attached hydrogen (secondary N) is 1. The molecule has 0 unspecified atom stereocenters. The van der Waals surface area contributed by atoms with Crippen molar-refractivity contribution in [3.8, 4) is 0 Å². The Morgan fingerprint density at radius 1 is 1.14 bits per heavy atom. The quantitative estimate of drug-likeness (QED) is 0.778. The lowest BCUT2D eigenvalue weighted by Crippen LogP contribution is -2.49. The molecular formula is C20H27N3O3S2. The maximum atomic E-state index is 13.1. The number of sulfonamides is 1. The maximum absolute atomic E-state index is 13.1. The van der Waals surface area contributed by atoms with Crippen molar-refractivity contribution in [3.05, 3.63) is 45.6 Å². The number of carbonyl (C=O) groups is 1. The lowest BCUT2D eigenvalue weighted by molar-refractivity contribution is 0.0954. The Kier molecular flexibility index (Phi) is 6.42. The van der Waals surface area contributed by atoms with Crippen molar-refractivity contribution in [2.75, 3.05) is 37.6 Å². The minimum Gasteiger partial charge on any atom is -0.369 e. The largest absolute Gasteiger partial charge is 0.369 e. The van der Waals surface area contributed by atoms with E-state index < -0.39 is 10.0 Å². The van der Waals surface area contributed by atoms with Crippen LogP contribution < -0.4 is 10.2 Å². The number of anilines is 1. The first-order chi connectivity index (χ1) is 13.3. The fraction of sp³-hybridized carbons (Fsp3) is 0.450. The Bertz CT molecular complexity index is 945. The third-order valence-corrected chi connectivity index (χ3v) is 7.92. The van der Waals surface area contributed by atoms with Crippen molar-refractivity contribution in [2.24, 2.45) is 0 Å². The first kappa shape index (κ1) is 20.8. The van der Waals surface area contributed by atoms with Gasteiger partial charge >= 0.3 is 0 Å². The predicted molar refractivity (Wildman–Crippen MR) is 114 cm³/mol. The molecule has 1 aromatic carbocycles. The van der Waals surface area contributed by atoms with Gasteiger partial charge in [0, 0.05) is 38.4 Å². The predicted octanol–water partition coefficient (Wildman–Crippen LogP) is 3.02. The van der Waals surface area contributed by atoms with Crippen molar-refractivity contribution < 1.29 is 13.2 Å². The molecule has 1 saturated heterocycles. The van der Waals surface area contributed by atoms with Crippen LogP contribution in [0, 0.1) is 13.8 Å². The van der Waals surface area contributed by atoms with Gasteiger partial charge in [0.15, 0.2) is 0 Å². The van der Waals surface area contributed by atoms with E-state index in [-0.39, 0.29) is 15.7 Å². The smallest absolute Gasteiger partial charge is 0.262 e. The number of aryl methyl sites for hydroxylation is 2. The molecule has 2 aromatic rings. The molecule has 0 aliphatic carbocycles. The van der Waals surface area contributed by atoms with Gasteiger partial charge in [-0.2, -0.15) is 4.31 Å². The summed E-state index contributed by atoms with van der Waals surface area (Å²) in [5.74, 6) is -0.315. The lowest BCUT2D eigenvalue weighted by atomic mass is 10.1. The van der Waals surface area contributed by atoms with Crippen LogP contribution in [0.15, 0.2) is 34.5 Å². The van der Waals surface area contributed by atoms with Crippen LogP contribution in [-0.2, 0) is 10.0 Å². The highest BCUT2D eigenvalue weighted by Gasteiger charge is 2.32. The summed E-state index contributed by atoms with van der Waals surface area (Å²) in [6, 6.07) is 7.87. The third kappa shape index (κ3) is 4.24. The van der Waals surface area contributed by atoms with E-state index >= 15 is 0 Å².